The van der Waals surface area contributed by atoms with Crippen molar-refractivity contribution >= 4 is 5.91 Å². The molecule has 1 heterocycles. The fourth-order valence-electron chi connectivity index (χ4n) is 7.29. The van der Waals surface area contributed by atoms with Crippen LogP contribution in [-0.4, -0.2) is 87.5 Å². The van der Waals surface area contributed by atoms with Gasteiger partial charge >= 0.3 is 0 Å². The van der Waals surface area contributed by atoms with Gasteiger partial charge in [-0.1, -0.05) is 192 Å². The third kappa shape index (κ3) is 27.9. The predicted molar refractivity (Wildman–Crippen MR) is 226 cm³/mol. The topological polar surface area (TPSA) is 149 Å². The molecule has 55 heavy (non-hydrogen) atoms. The number of rotatable bonds is 38. The highest BCUT2D eigenvalue weighted by atomic mass is 16.7. The summed E-state index contributed by atoms with van der Waals surface area (Å²) < 4.78 is 11.2. The second kappa shape index (κ2) is 37.0. The predicted octanol–water partition coefficient (Wildman–Crippen LogP) is 9.50. The Morgan fingerprint density at radius 1 is 0.600 bits per heavy atom. The maximum Gasteiger partial charge on any atom is 0.220 e. The van der Waals surface area contributed by atoms with Gasteiger partial charge in [-0.3, -0.25) is 4.79 Å². The van der Waals surface area contributed by atoms with E-state index in [-0.39, 0.29) is 12.5 Å². The Balaban J connectivity index is 2.37. The first-order valence-electron chi connectivity index (χ1n) is 23.1. The molecule has 0 spiro atoms. The van der Waals surface area contributed by atoms with E-state index in [0.717, 1.165) is 38.5 Å². The molecule has 0 aromatic rings. The zero-order valence-corrected chi connectivity index (χ0v) is 35.4. The molecule has 1 aliphatic rings. The van der Waals surface area contributed by atoms with Gasteiger partial charge in [-0.25, -0.2) is 0 Å². The molecule has 1 aliphatic heterocycles. The summed E-state index contributed by atoms with van der Waals surface area (Å²) in [5.74, 6) is -0.186. The highest BCUT2D eigenvalue weighted by molar-refractivity contribution is 5.76. The molecular formula is C46H87NO8. The number of aliphatic hydroxyl groups is 5. The highest BCUT2D eigenvalue weighted by Crippen LogP contribution is 2.22. The second-order valence-electron chi connectivity index (χ2n) is 16.2. The summed E-state index contributed by atoms with van der Waals surface area (Å²) in [6.07, 6.45) is 36.5. The minimum absolute atomic E-state index is 0.186. The molecule has 6 N–H and O–H groups in total. The molecular weight excluding hydrogens is 695 g/mol. The van der Waals surface area contributed by atoms with E-state index < -0.39 is 49.5 Å². The van der Waals surface area contributed by atoms with Gasteiger partial charge < -0.3 is 40.3 Å². The van der Waals surface area contributed by atoms with E-state index in [0.29, 0.717) is 6.42 Å². The largest absolute Gasteiger partial charge is 0.394 e. The van der Waals surface area contributed by atoms with Gasteiger partial charge in [-0.05, 0) is 32.1 Å². The first-order valence-corrected chi connectivity index (χ1v) is 23.1. The van der Waals surface area contributed by atoms with Gasteiger partial charge in [0.15, 0.2) is 6.29 Å². The summed E-state index contributed by atoms with van der Waals surface area (Å²) in [5, 5.41) is 54.1. The maximum atomic E-state index is 12.9. The Morgan fingerprint density at radius 3 is 1.53 bits per heavy atom. The minimum Gasteiger partial charge on any atom is -0.394 e. The van der Waals surface area contributed by atoms with Crippen LogP contribution in [0.15, 0.2) is 24.3 Å². The number of nitrogens with one attached hydrogen (secondary N) is 1. The van der Waals surface area contributed by atoms with Crippen molar-refractivity contribution in [3.05, 3.63) is 24.3 Å². The van der Waals surface area contributed by atoms with Crippen LogP contribution in [0.25, 0.3) is 0 Å². The zero-order chi connectivity index (χ0) is 40.2. The van der Waals surface area contributed by atoms with Crippen molar-refractivity contribution in [3.8, 4) is 0 Å². The number of aliphatic hydroxyl groups excluding tert-OH is 5. The summed E-state index contributed by atoms with van der Waals surface area (Å²) >= 11 is 0. The third-order valence-electron chi connectivity index (χ3n) is 11.0. The number of carbonyl (C=O) groups excluding carboxylic acids is 1. The molecule has 1 fully saturated rings. The molecule has 0 saturated carbocycles. The van der Waals surface area contributed by atoms with Crippen LogP contribution in [-0.2, 0) is 14.3 Å². The number of hydrogen-bond donors (Lipinski definition) is 6. The van der Waals surface area contributed by atoms with Crippen LogP contribution < -0.4 is 5.32 Å². The molecule has 0 aromatic carbocycles. The van der Waals surface area contributed by atoms with Crippen LogP contribution in [0.4, 0.5) is 0 Å². The van der Waals surface area contributed by atoms with Crippen LogP contribution in [0.1, 0.15) is 206 Å². The lowest BCUT2D eigenvalue weighted by atomic mass is 9.99. The van der Waals surface area contributed by atoms with Gasteiger partial charge in [0.05, 0.1) is 25.4 Å². The van der Waals surface area contributed by atoms with Gasteiger partial charge in [0.2, 0.25) is 5.91 Å². The summed E-state index contributed by atoms with van der Waals surface area (Å²) in [4.78, 5) is 12.9. The summed E-state index contributed by atoms with van der Waals surface area (Å²) in [6, 6.07) is -0.816. The lowest BCUT2D eigenvalue weighted by Gasteiger charge is -2.40. The quantitative estimate of drug-likeness (QED) is 0.0268. The summed E-state index contributed by atoms with van der Waals surface area (Å²) in [6.45, 7) is 3.76. The van der Waals surface area contributed by atoms with Crippen LogP contribution in [0.2, 0.25) is 0 Å². The number of hydrogen-bond acceptors (Lipinski definition) is 8. The van der Waals surface area contributed by atoms with Crippen molar-refractivity contribution in [2.24, 2.45) is 0 Å². The van der Waals surface area contributed by atoms with E-state index in [1.165, 1.54) is 148 Å². The van der Waals surface area contributed by atoms with Gasteiger partial charge in [0.1, 0.15) is 24.4 Å². The molecule has 1 amide bonds. The lowest BCUT2D eigenvalue weighted by molar-refractivity contribution is -0.302. The molecule has 9 nitrogen and oxygen atoms in total. The normalized spacial score (nSPS) is 21.5. The number of amides is 1. The Hall–Kier alpha value is -1.33. The van der Waals surface area contributed by atoms with Gasteiger partial charge in [-0.15, -0.1) is 0 Å². The molecule has 0 aromatic heterocycles. The Kier molecular flexibility index (Phi) is 34.7. The van der Waals surface area contributed by atoms with E-state index in [4.69, 9.17) is 9.47 Å². The Morgan fingerprint density at radius 2 is 1.04 bits per heavy atom. The molecule has 0 aliphatic carbocycles. The van der Waals surface area contributed by atoms with Crippen molar-refractivity contribution in [2.45, 2.75) is 249 Å². The number of carbonyl (C=O) groups is 1. The van der Waals surface area contributed by atoms with E-state index >= 15 is 0 Å². The average molecular weight is 782 g/mol. The fraction of sp³-hybridized carbons (Fsp3) is 0.891. The van der Waals surface area contributed by atoms with Gasteiger partial charge in [0, 0.05) is 6.42 Å². The molecule has 1 rings (SSSR count). The molecule has 0 bridgehead atoms. The number of ether oxygens (including phenoxy) is 2. The molecule has 1 saturated heterocycles. The summed E-state index contributed by atoms with van der Waals surface area (Å²) in [5.41, 5.74) is 0. The Labute approximate surface area is 337 Å². The van der Waals surface area contributed by atoms with Crippen LogP contribution >= 0.6 is 0 Å². The van der Waals surface area contributed by atoms with Gasteiger partial charge in [0.25, 0.3) is 0 Å². The average Bonchev–Trinajstić information content (AvgIpc) is 3.18. The molecule has 7 unspecified atom stereocenters. The SMILES string of the molecule is CCCCCCCCCCCCCCC/C=C/CC/C=C/C(O)C(COC1OC(CO)C(O)C(O)C1O)NC(=O)CCCCCCCCCCCCCCC. The summed E-state index contributed by atoms with van der Waals surface area (Å²) in [7, 11) is 0. The van der Waals surface area contributed by atoms with E-state index in [1.807, 2.05) is 6.08 Å². The van der Waals surface area contributed by atoms with Crippen molar-refractivity contribution in [3.63, 3.8) is 0 Å². The monoisotopic (exact) mass is 782 g/mol. The third-order valence-corrected chi connectivity index (χ3v) is 11.0. The second-order valence-corrected chi connectivity index (χ2v) is 16.2. The standard InChI is InChI=1S/C46H87NO8/c1-3-5-7-9-11-13-15-17-18-19-20-21-22-24-25-27-29-31-33-35-40(49)39(38-54-46-45(53)44(52)43(51)41(37-48)55-46)47-42(50)36-34-32-30-28-26-23-16-14-12-10-8-6-4-2/h25,27,33,35,39-41,43-46,48-49,51-53H,3-24,26,28-32,34,36-38H2,1-2H3,(H,47,50)/b27-25+,35-33+. The molecule has 324 valence electrons. The van der Waals surface area contributed by atoms with Crippen molar-refractivity contribution in [1.82, 2.24) is 5.32 Å². The lowest BCUT2D eigenvalue weighted by Crippen LogP contribution is -2.60. The minimum atomic E-state index is -1.57. The van der Waals surface area contributed by atoms with Crippen molar-refractivity contribution in [1.29, 1.82) is 0 Å². The fourth-order valence-corrected chi connectivity index (χ4v) is 7.29. The maximum absolute atomic E-state index is 12.9. The smallest absolute Gasteiger partial charge is 0.220 e. The van der Waals surface area contributed by atoms with E-state index in [1.54, 1.807) is 6.08 Å². The van der Waals surface area contributed by atoms with E-state index in [9.17, 15) is 30.3 Å². The highest BCUT2D eigenvalue weighted by Gasteiger charge is 2.44. The van der Waals surface area contributed by atoms with Crippen molar-refractivity contribution < 1.29 is 39.8 Å². The van der Waals surface area contributed by atoms with Crippen LogP contribution in [0.3, 0.4) is 0 Å². The number of unbranched alkanes of at least 4 members (excludes halogenated alkanes) is 26. The first kappa shape index (κ1) is 51.7. The number of allylic oxidation sites excluding steroid dienone is 3. The van der Waals surface area contributed by atoms with Crippen LogP contribution in [0, 0.1) is 0 Å². The Bertz CT molecular complexity index is 914. The van der Waals surface area contributed by atoms with Crippen LogP contribution in [0.5, 0.6) is 0 Å². The van der Waals surface area contributed by atoms with Crippen molar-refractivity contribution in [2.75, 3.05) is 13.2 Å². The first-order chi connectivity index (χ1) is 26.8. The van der Waals surface area contributed by atoms with Gasteiger partial charge in [-0.2, -0.15) is 0 Å². The molecule has 7 atom stereocenters. The zero-order valence-electron chi connectivity index (χ0n) is 35.4. The molecule has 0 radical (unpaired) electrons. The van der Waals surface area contributed by atoms with E-state index in [2.05, 4.69) is 31.3 Å². The molecule has 9 heteroatoms.